The first-order valence-electron chi connectivity index (χ1n) is 9.67. The number of fused-ring (bicyclic) bond motifs is 1. The van der Waals surface area contributed by atoms with E-state index in [1.54, 1.807) is 0 Å². The van der Waals surface area contributed by atoms with Crippen LogP contribution in [0.2, 0.25) is 0 Å². The first-order valence-corrected chi connectivity index (χ1v) is 9.67. The van der Waals surface area contributed by atoms with Crippen LogP contribution in [-0.2, 0) is 12.5 Å². The number of hydrogen-bond acceptors (Lipinski definition) is 3. The summed E-state index contributed by atoms with van der Waals surface area (Å²) in [6.07, 6.45) is -1.68. The molecule has 170 valence electrons. The summed E-state index contributed by atoms with van der Waals surface area (Å²) in [5.74, 6) is -5.95. The number of pyridine rings is 1. The van der Waals surface area contributed by atoms with Crippen molar-refractivity contribution in [3.8, 4) is 11.3 Å². The van der Waals surface area contributed by atoms with Crippen molar-refractivity contribution < 1.29 is 31.1 Å². The number of hydrogen-bond donors (Lipinski definition) is 0. The van der Waals surface area contributed by atoms with Crippen molar-refractivity contribution in [1.29, 1.82) is 0 Å². The zero-order valence-electron chi connectivity index (χ0n) is 17.1. The summed E-state index contributed by atoms with van der Waals surface area (Å²) in [6.45, 7) is 0.585. The third kappa shape index (κ3) is 3.91. The Kier molecular flexibility index (Phi) is 5.17. The topological polar surface area (TPSA) is 51.0 Å². The minimum absolute atomic E-state index is 0.000742. The molecule has 0 aliphatic carbocycles. The van der Waals surface area contributed by atoms with Gasteiger partial charge in [0.25, 0.3) is 12.3 Å². The van der Waals surface area contributed by atoms with E-state index in [2.05, 4.69) is 9.97 Å². The van der Waals surface area contributed by atoms with E-state index in [4.69, 9.17) is 0 Å². The van der Waals surface area contributed by atoms with Crippen LogP contribution in [0.1, 0.15) is 30.0 Å². The normalized spacial score (nSPS) is 16.0. The van der Waals surface area contributed by atoms with E-state index < -0.39 is 42.1 Å². The standard InChI is InChI=1S/C21H18F6N4O/c1-20(25)9-30(10-20)18(32)12-4-3-11(7-13(12)22)16-17-14(5-6-28-16)31(8-15(23)24)19(29-17)21(2,26)27/h3-7,15H,8-10H2,1-2H3. The van der Waals surface area contributed by atoms with Crippen LogP contribution in [0.4, 0.5) is 26.3 Å². The summed E-state index contributed by atoms with van der Waals surface area (Å²) < 4.78 is 83.2. The highest BCUT2D eigenvalue weighted by atomic mass is 19.3. The number of alkyl halides is 5. The van der Waals surface area contributed by atoms with Gasteiger partial charge in [-0.05, 0) is 25.1 Å². The Morgan fingerprint density at radius 2 is 1.94 bits per heavy atom. The van der Waals surface area contributed by atoms with Crippen LogP contribution in [-0.4, -0.2) is 50.5 Å². The number of rotatable bonds is 5. The quantitative estimate of drug-likeness (QED) is 0.519. The Morgan fingerprint density at radius 1 is 1.25 bits per heavy atom. The number of carbonyl (C=O) groups is 1. The number of likely N-dealkylation sites (tertiary alicyclic amines) is 1. The van der Waals surface area contributed by atoms with E-state index in [9.17, 15) is 31.1 Å². The summed E-state index contributed by atoms with van der Waals surface area (Å²) >= 11 is 0. The summed E-state index contributed by atoms with van der Waals surface area (Å²) in [5, 5.41) is 0. The van der Waals surface area contributed by atoms with Crippen LogP contribution >= 0.6 is 0 Å². The molecule has 1 saturated heterocycles. The molecule has 3 aromatic rings. The summed E-state index contributed by atoms with van der Waals surface area (Å²) in [5.41, 5.74) is -1.77. The predicted molar refractivity (Wildman–Crippen MR) is 104 cm³/mol. The lowest BCUT2D eigenvalue weighted by Crippen LogP contribution is -2.59. The van der Waals surface area contributed by atoms with Crippen molar-refractivity contribution in [3.05, 3.63) is 47.7 Å². The second kappa shape index (κ2) is 7.49. The molecule has 4 rings (SSSR count). The third-order valence-electron chi connectivity index (χ3n) is 5.18. The molecule has 0 N–H and O–H groups in total. The van der Waals surface area contributed by atoms with Crippen molar-refractivity contribution in [2.45, 2.75) is 38.4 Å². The van der Waals surface area contributed by atoms with Crippen LogP contribution in [0.15, 0.2) is 30.5 Å². The molecule has 1 aromatic carbocycles. The van der Waals surface area contributed by atoms with Gasteiger partial charge in [-0.15, -0.1) is 0 Å². The number of aromatic nitrogens is 3. The number of nitrogens with zero attached hydrogens (tertiary/aromatic N) is 4. The molecule has 32 heavy (non-hydrogen) atoms. The molecule has 1 amide bonds. The fourth-order valence-electron chi connectivity index (χ4n) is 3.82. The lowest BCUT2D eigenvalue weighted by atomic mass is 9.97. The molecule has 1 aliphatic heterocycles. The van der Waals surface area contributed by atoms with Crippen molar-refractivity contribution in [3.63, 3.8) is 0 Å². The second-order valence-corrected chi connectivity index (χ2v) is 8.12. The van der Waals surface area contributed by atoms with Crippen molar-refractivity contribution in [2.24, 2.45) is 0 Å². The largest absolute Gasteiger partial charge is 0.332 e. The molecule has 1 fully saturated rings. The van der Waals surface area contributed by atoms with E-state index in [1.165, 1.54) is 36.2 Å². The molecule has 0 atom stereocenters. The smallest absolute Gasteiger partial charge is 0.302 e. The highest BCUT2D eigenvalue weighted by molar-refractivity contribution is 5.96. The van der Waals surface area contributed by atoms with Gasteiger partial charge < -0.3 is 9.47 Å². The zero-order valence-corrected chi connectivity index (χ0v) is 17.1. The second-order valence-electron chi connectivity index (χ2n) is 8.12. The molecule has 5 nitrogen and oxygen atoms in total. The Bertz CT molecular complexity index is 1190. The SMILES string of the molecule is CC1(F)CN(C(=O)c2ccc(-c3nccc4c3nc(C(C)(F)F)n4CC(F)F)cc2F)C1. The van der Waals surface area contributed by atoms with Gasteiger partial charge >= 0.3 is 5.92 Å². The monoisotopic (exact) mass is 456 g/mol. The molecule has 0 bridgehead atoms. The number of imidazole rings is 1. The number of halogens is 6. The summed E-state index contributed by atoms with van der Waals surface area (Å²) in [6, 6.07) is 4.80. The molecule has 11 heteroatoms. The van der Waals surface area contributed by atoms with Gasteiger partial charge in [0.15, 0.2) is 5.82 Å². The first-order chi connectivity index (χ1) is 14.9. The average molecular weight is 456 g/mol. The zero-order chi connectivity index (χ0) is 23.4. The van der Waals surface area contributed by atoms with Gasteiger partial charge in [-0.1, -0.05) is 6.07 Å². The minimum atomic E-state index is -3.51. The van der Waals surface area contributed by atoms with Gasteiger partial charge in [0, 0.05) is 18.7 Å². The van der Waals surface area contributed by atoms with E-state index in [0.29, 0.717) is 6.92 Å². The number of amides is 1. The van der Waals surface area contributed by atoms with E-state index in [0.717, 1.165) is 10.6 Å². The molecular formula is C21H18F6N4O. The van der Waals surface area contributed by atoms with Gasteiger partial charge in [0.05, 0.1) is 36.4 Å². The fraction of sp³-hybridized carbons (Fsp3) is 0.381. The van der Waals surface area contributed by atoms with Gasteiger partial charge in [-0.25, -0.2) is 22.5 Å². The van der Waals surface area contributed by atoms with Crippen LogP contribution in [0, 0.1) is 5.82 Å². The molecule has 0 spiro atoms. The van der Waals surface area contributed by atoms with Crippen molar-refractivity contribution in [2.75, 3.05) is 13.1 Å². The Hall–Kier alpha value is -3.11. The minimum Gasteiger partial charge on any atom is -0.332 e. The van der Waals surface area contributed by atoms with Gasteiger partial charge in [0.1, 0.15) is 17.0 Å². The number of benzene rings is 1. The van der Waals surface area contributed by atoms with Gasteiger partial charge in [-0.2, -0.15) is 8.78 Å². The molecule has 0 radical (unpaired) electrons. The average Bonchev–Trinajstić information content (AvgIpc) is 3.04. The molecule has 1 aliphatic rings. The lowest BCUT2D eigenvalue weighted by Gasteiger charge is -2.42. The van der Waals surface area contributed by atoms with E-state index >= 15 is 0 Å². The van der Waals surface area contributed by atoms with Gasteiger partial charge in [-0.3, -0.25) is 9.78 Å². The highest BCUT2D eigenvalue weighted by Gasteiger charge is 2.42. The van der Waals surface area contributed by atoms with Gasteiger partial charge in [0.2, 0.25) is 0 Å². The highest BCUT2D eigenvalue weighted by Crippen LogP contribution is 2.34. The fourth-order valence-corrected chi connectivity index (χ4v) is 3.82. The molecular weight excluding hydrogens is 438 g/mol. The molecule has 3 heterocycles. The van der Waals surface area contributed by atoms with Crippen molar-refractivity contribution in [1.82, 2.24) is 19.4 Å². The number of carbonyl (C=O) groups excluding carboxylic acids is 1. The lowest BCUT2D eigenvalue weighted by molar-refractivity contribution is -0.00814. The maximum Gasteiger partial charge on any atom is 0.302 e. The van der Waals surface area contributed by atoms with E-state index in [-0.39, 0.29) is 40.9 Å². The van der Waals surface area contributed by atoms with Crippen LogP contribution < -0.4 is 0 Å². The summed E-state index contributed by atoms with van der Waals surface area (Å²) in [4.78, 5) is 21.5. The van der Waals surface area contributed by atoms with Crippen LogP contribution in [0.3, 0.4) is 0 Å². The predicted octanol–water partition coefficient (Wildman–Crippen LogP) is 4.80. The maximum absolute atomic E-state index is 14.7. The Morgan fingerprint density at radius 3 is 2.50 bits per heavy atom. The van der Waals surface area contributed by atoms with E-state index in [1.807, 2.05) is 0 Å². The van der Waals surface area contributed by atoms with Crippen LogP contribution in [0.25, 0.3) is 22.3 Å². The Labute approximate surface area is 178 Å². The first kappa shape index (κ1) is 22.1. The molecule has 2 aromatic heterocycles. The summed E-state index contributed by atoms with van der Waals surface area (Å²) in [7, 11) is 0. The maximum atomic E-state index is 14.7. The van der Waals surface area contributed by atoms with Crippen LogP contribution in [0.5, 0.6) is 0 Å². The van der Waals surface area contributed by atoms with Crippen molar-refractivity contribution >= 4 is 16.9 Å². The molecule has 0 saturated carbocycles. The molecule has 0 unspecified atom stereocenters. The third-order valence-corrected chi connectivity index (χ3v) is 5.18. The Balaban J connectivity index is 1.76.